The fraction of sp³-hybridized carbons (Fsp3) is 0.333. The van der Waals surface area contributed by atoms with Crippen molar-refractivity contribution >= 4 is 0 Å². The Morgan fingerprint density at radius 2 is 1.57 bits per heavy atom. The first-order valence-electron chi connectivity index (χ1n) is 7.33. The van der Waals surface area contributed by atoms with Gasteiger partial charge in [0.25, 0.3) is 0 Å². The van der Waals surface area contributed by atoms with Gasteiger partial charge in [-0.15, -0.1) is 0 Å². The molecule has 2 aromatic rings. The molecule has 2 aromatic carbocycles. The van der Waals surface area contributed by atoms with Crippen molar-refractivity contribution in [1.82, 2.24) is 5.32 Å². The lowest BCUT2D eigenvalue weighted by molar-refractivity contribution is 0.413. The summed E-state index contributed by atoms with van der Waals surface area (Å²) in [4.78, 5) is 0. The fourth-order valence-electron chi connectivity index (χ4n) is 2.45. The summed E-state index contributed by atoms with van der Waals surface area (Å²) in [6.45, 7) is 4.32. The molecular weight excluding hydrogens is 262 g/mol. The van der Waals surface area contributed by atoms with Crippen LogP contribution in [-0.2, 0) is 0 Å². The van der Waals surface area contributed by atoms with Gasteiger partial charge in [-0.3, -0.25) is 0 Å². The molecule has 0 saturated heterocycles. The summed E-state index contributed by atoms with van der Waals surface area (Å²) in [5.41, 5.74) is 2.42. The SMILES string of the molecule is CCC(N[C@H](C)c1ccc(OC)cc1)c1ccc(O)cc1. The first kappa shape index (κ1) is 15.4. The van der Waals surface area contributed by atoms with Gasteiger partial charge in [0.1, 0.15) is 11.5 Å². The summed E-state index contributed by atoms with van der Waals surface area (Å²) in [7, 11) is 1.68. The van der Waals surface area contributed by atoms with Gasteiger partial charge < -0.3 is 15.2 Å². The topological polar surface area (TPSA) is 41.5 Å². The maximum Gasteiger partial charge on any atom is 0.118 e. The van der Waals surface area contributed by atoms with Crippen molar-refractivity contribution in [2.75, 3.05) is 7.11 Å². The van der Waals surface area contributed by atoms with Crippen LogP contribution in [0.2, 0.25) is 0 Å². The van der Waals surface area contributed by atoms with Gasteiger partial charge in [0, 0.05) is 12.1 Å². The molecule has 0 saturated carbocycles. The van der Waals surface area contributed by atoms with Crippen LogP contribution in [0, 0.1) is 0 Å². The lowest BCUT2D eigenvalue weighted by Gasteiger charge is -2.23. The second kappa shape index (κ2) is 7.14. The summed E-state index contributed by atoms with van der Waals surface area (Å²) < 4.78 is 5.19. The standard InChI is InChI=1S/C18H23NO2/c1-4-18(15-5-9-16(20)10-6-15)19-13(2)14-7-11-17(21-3)12-8-14/h5-13,18-20H,4H2,1-3H3/t13-,18?/m1/s1. The molecule has 1 unspecified atom stereocenters. The van der Waals surface area contributed by atoms with Crippen LogP contribution >= 0.6 is 0 Å². The van der Waals surface area contributed by atoms with Crippen LogP contribution in [0.1, 0.15) is 43.5 Å². The third kappa shape index (κ3) is 3.99. The van der Waals surface area contributed by atoms with E-state index in [0.717, 1.165) is 12.2 Å². The first-order chi connectivity index (χ1) is 10.1. The summed E-state index contributed by atoms with van der Waals surface area (Å²) in [6, 6.07) is 16.0. The first-order valence-corrected chi connectivity index (χ1v) is 7.33. The Morgan fingerprint density at radius 3 is 2.10 bits per heavy atom. The summed E-state index contributed by atoms with van der Waals surface area (Å²) >= 11 is 0. The van der Waals surface area contributed by atoms with E-state index in [-0.39, 0.29) is 12.1 Å². The van der Waals surface area contributed by atoms with Crippen LogP contribution in [0.15, 0.2) is 48.5 Å². The second-order valence-corrected chi connectivity index (χ2v) is 5.21. The highest BCUT2D eigenvalue weighted by Crippen LogP contribution is 2.24. The minimum atomic E-state index is 0.245. The number of hydrogen-bond donors (Lipinski definition) is 2. The van der Waals surface area contributed by atoms with E-state index < -0.39 is 0 Å². The molecule has 3 nitrogen and oxygen atoms in total. The van der Waals surface area contributed by atoms with Crippen LogP contribution in [0.25, 0.3) is 0 Å². The number of phenolic OH excluding ortho intramolecular Hbond substituents is 1. The van der Waals surface area contributed by atoms with Gasteiger partial charge in [0.15, 0.2) is 0 Å². The largest absolute Gasteiger partial charge is 0.508 e. The van der Waals surface area contributed by atoms with Crippen molar-refractivity contribution < 1.29 is 9.84 Å². The maximum atomic E-state index is 9.39. The molecule has 0 radical (unpaired) electrons. The number of aromatic hydroxyl groups is 1. The molecule has 0 bridgehead atoms. The number of nitrogens with one attached hydrogen (secondary N) is 1. The Bertz CT molecular complexity index is 548. The zero-order chi connectivity index (χ0) is 15.2. The third-order valence-electron chi connectivity index (χ3n) is 3.77. The Kier molecular flexibility index (Phi) is 5.23. The molecule has 0 aliphatic heterocycles. The predicted octanol–water partition coefficient (Wildman–Crippen LogP) is 4.20. The average Bonchev–Trinajstić information content (AvgIpc) is 2.53. The maximum absolute atomic E-state index is 9.39. The van der Waals surface area contributed by atoms with Crippen LogP contribution in [0.3, 0.4) is 0 Å². The van der Waals surface area contributed by atoms with Crippen LogP contribution < -0.4 is 10.1 Å². The normalized spacial score (nSPS) is 13.7. The minimum absolute atomic E-state index is 0.245. The van der Waals surface area contributed by atoms with Crippen molar-refractivity contribution in [2.24, 2.45) is 0 Å². The van der Waals surface area contributed by atoms with E-state index in [0.29, 0.717) is 5.75 Å². The molecule has 21 heavy (non-hydrogen) atoms. The summed E-state index contributed by atoms with van der Waals surface area (Å²) in [5, 5.41) is 13.0. The average molecular weight is 285 g/mol. The molecule has 0 aliphatic rings. The van der Waals surface area contributed by atoms with Crippen molar-refractivity contribution in [3.63, 3.8) is 0 Å². The zero-order valence-electron chi connectivity index (χ0n) is 12.8. The molecule has 0 spiro atoms. The van der Waals surface area contributed by atoms with E-state index in [1.165, 1.54) is 11.1 Å². The van der Waals surface area contributed by atoms with Crippen LogP contribution in [0.5, 0.6) is 11.5 Å². The fourth-order valence-corrected chi connectivity index (χ4v) is 2.45. The van der Waals surface area contributed by atoms with E-state index >= 15 is 0 Å². The van der Waals surface area contributed by atoms with Crippen molar-refractivity contribution in [3.05, 3.63) is 59.7 Å². The molecule has 0 amide bonds. The van der Waals surface area contributed by atoms with E-state index in [1.54, 1.807) is 19.2 Å². The molecule has 2 N–H and O–H groups in total. The number of rotatable bonds is 6. The highest BCUT2D eigenvalue weighted by molar-refractivity contribution is 5.30. The Labute approximate surface area is 126 Å². The number of benzene rings is 2. The minimum Gasteiger partial charge on any atom is -0.508 e. The van der Waals surface area contributed by atoms with Crippen LogP contribution in [0.4, 0.5) is 0 Å². The van der Waals surface area contributed by atoms with E-state index in [1.807, 2.05) is 24.3 Å². The Hall–Kier alpha value is -2.00. The van der Waals surface area contributed by atoms with E-state index in [2.05, 4.69) is 31.3 Å². The number of ether oxygens (including phenoxy) is 1. The molecule has 2 rings (SSSR count). The highest BCUT2D eigenvalue weighted by Gasteiger charge is 2.13. The molecule has 112 valence electrons. The monoisotopic (exact) mass is 285 g/mol. The molecule has 2 atom stereocenters. The van der Waals surface area contributed by atoms with Gasteiger partial charge in [-0.25, -0.2) is 0 Å². The van der Waals surface area contributed by atoms with Gasteiger partial charge in [-0.2, -0.15) is 0 Å². The van der Waals surface area contributed by atoms with Crippen molar-refractivity contribution in [2.45, 2.75) is 32.4 Å². The van der Waals surface area contributed by atoms with Gasteiger partial charge in [0.2, 0.25) is 0 Å². The second-order valence-electron chi connectivity index (χ2n) is 5.21. The van der Waals surface area contributed by atoms with E-state index in [9.17, 15) is 5.11 Å². The molecule has 3 heteroatoms. The number of methoxy groups -OCH3 is 1. The number of hydrogen-bond acceptors (Lipinski definition) is 3. The highest BCUT2D eigenvalue weighted by atomic mass is 16.5. The molecular formula is C18H23NO2. The van der Waals surface area contributed by atoms with Crippen LogP contribution in [-0.4, -0.2) is 12.2 Å². The summed E-state index contributed by atoms with van der Waals surface area (Å²) in [5.74, 6) is 1.17. The van der Waals surface area contributed by atoms with E-state index in [4.69, 9.17) is 4.74 Å². The quantitative estimate of drug-likeness (QED) is 0.835. The van der Waals surface area contributed by atoms with Crippen molar-refractivity contribution in [1.29, 1.82) is 0 Å². The Morgan fingerprint density at radius 1 is 1.00 bits per heavy atom. The van der Waals surface area contributed by atoms with Gasteiger partial charge in [-0.1, -0.05) is 31.2 Å². The van der Waals surface area contributed by atoms with Gasteiger partial charge in [0.05, 0.1) is 7.11 Å². The van der Waals surface area contributed by atoms with Crippen molar-refractivity contribution in [3.8, 4) is 11.5 Å². The predicted molar refractivity (Wildman–Crippen MR) is 85.7 cm³/mol. The lowest BCUT2D eigenvalue weighted by atomic mass is 10.0. The van der Waals surface area contributed by atoms with Gasteiger partial charge >= 0.3 is 0 Å². The lowest BCUT2D eigenvalue weighted by Crippen LogP contribution is -2.24. The number of phenols is 1. The van der Waals surface area contributed by atoms with Gasteiger partial charge in [-0.05, 0) is 48.7 Å². The molecule has 0 heterocycles. The summed E-state index contributed by atoms with van der Waals surface area (Å²) in [6.07, 6.45) is 0.991. The molecule has 0 fully saturated rings. The Balaban J connectivity index is 2.08. The molecule has 0 aromatic heterocycles. The zero-order valence-corrected chi connectivity index (χ0v) is 12.8. The smallest absolute Gasteiger partial charge is 0.118 e. The molecule has 0 aliphatic carbocycles. The third-order valence-corrected chi connectivity index (χ3v) is 3.77.